The van der Waals surface area contributed by atoms with Gasteiger partial charge in [0.2, 0.25) is 0 Å². The Balaban J connectivity index is 2.43. The minimum atomic E-state index is 0.00213. The number of aromatic nitrogens is 3. The molecule has 66 valence electrons. The van der Waals surface area contributed by atoms with E-state index in [1.165, 1.54) is 0 Å². The maximum Gasteiger partial charge on any atom is 0.148 e. The fourth-order valence-electron chi connectivity index (χ4n) is 1.55. The number of hydrogen-bond acceptors (Lipinski definition) is 3. The van der Waals surface area contributed by atoms with Gasteiger partial charge in [0.1, 0.15) is 17.1 Å². The Labute approximate surface area is 75.7 Å². The smallest absolute Gasteiger partial charge is 0.148 e. The second-order valence-corrected chi connectivity index (χ2v) is 3.44. The standard InChI is InChI=1S/C7H11ClN4/c8-5-2-1-3-6-10-11-7(4-9)12(5)6/h5H,1-4,9H2. The summed E-state index contributed by atoms with van der Waals surface area (Å²) in [6.07, 6.45) is 3.05. The van der Waals surface area contributed by atoms with Gasteiger partial charge < -0.3 is 5.73 Å². The first kappa shape index (κ1) is 8.01. The van der Waals surface area contributed by atoms with E-state index in [1.54, 1.807) is 0 Å². The molecule has 0 fully saturated rings. The molecule has 0 amide bonds. The molecule has 0 saturated heterocycles. The van der Waals surface area contributed by atoms with Gasteiger partial charge in [0.25, 0.3) is 0 Å². The molecule has 0 saturated carbocycles. The maximum atomic E-state index is 6.10. The molecule has 0 aromatic carbocycles. The van der Waals surface area contributed by atoms with Crippen molar-refractivity contribution in [1.29, 1.82) is 0 Å². The van der Waals surface area contributed by atoms with Gasteiger partial charge in [-0.05, 0) is 12.8 Å². The van der Waals surface area contributed by atoms with Crippen LogP contribution in [0.1, 0.15) is 30.0 Å². The summed E-state index contributed by atoms with van der Waals surface area (Å²) in [5.41, 5.74) is 5.50. The van der Waals surface area contributed by atoms with Crippen molar-refractivity contribution in [2.75, 3.05) is 0 Å². The van der Waals surface area contributed by atoms with Crippen molar-refractivity contribution in [3.8, 4) is 0 Å². The molecule has 12 heavy (non-hydrogen) atoms. The maximum absolute atomic E-state index is 6.10. The summed E-state index contributed by atoms with van der Waals surface area (Å²) in [6, 6.07) is 0. The molecule has 1 unspecified atom stereocenters. The zero-order valence-corrected chi connectivity index (χ0v) is 7.46. The van der Waals surface area contributed by atoms with E-state index >= 15 is 0 Å². The Morgan fingerprint density at radius 3 is 3.17 bits per heavy atom. The minimum absolute atomic E-state index is 0.00213. The van der Waals surface area contributed by atoms with E-state index in [1.807, 2.05) is 4.57 Å². The van der Waals surface area contributed by atoms with Gasteiger partial charge in [-0.25, -0.2) is 0 Å². The molecule has 0 radical (unpaired) electrons. The number of halogens is 1. The summed E-state index contributed by atoms with van der Waals surface area (Å²) in [5, 5.41) is 8.00. The van der Waals surface area contributed by atoms with Crippen LogP contribution in [0.25, 0.3) is 0 Å². The average Bonchev–Trinajstić information content (AvgIpc) is 2.49. The molecule has 0 spiro atoms. The van der Waals surface area contributed by atoms with E-state index in [2.05, 4.69) is 10.2 Å². The molecule has 0 bridgehead atoms. The Morgan fingerprint density at radius 2 is 2.42 bits per heavy atom. The lowest BCUT2D eigenvalue weighted by Gasteiger charge is -2.19. The van der Waals surface area contributed by atoms with Crippen LogP contribution in [0.3, 0.4) is 0 Å². The van der Waals surface area contributed by atoms with E-state index in [0.29, 0.717) is 6.54 Å². The molecule has 4 nitrogen and oxygen atoms in total. The number of fused-ring (bicyclic) bond motifs is 1. The number of nitrogens with two attached hydrogens (primary N) is 1. The molecule has 1 aliphatic rings. The topological polar surface area (TPSA) is 56.7 Å². The van der Waals surface area contributed by atoms with E-state index in [0.717, 1.165) is 30.9 Å². The van der Waals surface area contributed by atoms with E-state index in [4.69, 9.17) is 17.3 Å². The highest BCUT2D eigenvalue weighted by atomic mass is 35.5. The van der Waals surface area contributed by atoms with Crippen LogP contribution in [-0.2, 0) is 13.0 Å². The molecule has 1 atom stereocenters. The fourth-order valence-corrected chi connectivity index (χ4v) is 1.93. The van der Waals surface area contributed by atoms with Gasteiger partial charge >= 0.3 is 0 Å². The molecule has 1 aromatic rings. The van der Waals surface area contributed by atoms with Crippen molar-refractivity contribution < 1.29 is 0 Å². The first-order valence-electron chi connectivity index (χ1n) is 4.09. The molecular weight excluding hydrogens is 176 g/mol. The van der Waals surface area contributed by atoms with Gasteiger partial charge in [-0.15, -0.1) is 10.2 Å². The third-order valence-corrected chi connectivity index (χ3v) is 2.56. The predicted octanol–water partition coefficient (Wildman–Crippen LogP) is 0.810. The van der Waals surface area contributed by atoms with Gasteiger partial charge in [-0.3, -0.25) is 4.57 Å². The summed E-state index contributed by atoms with van der Waals surface area (Å²) in [7, 11) is 0. The largest absolute Gasteiger partial charge is 0.324 e. The fraction of sp³-hybridized carbons (Fsp3) is 0.714. The van der Waals surface area contributed by atoms with Crippen LogP contribution in [0.5, 0.6) is 0 Å². The van der Waals surface area contributed by atoms with Crippen LogP contribution < -0.4 is 5.73 Å². The van der Waals surface area contributed by atoms with E-state index < -0.39 is 0 Å². The number of rotatable bonds is 1. The van der Waals surface area contributed by atoms with Gasteiger partial charge in [-0.2, -0.15) is 0 Å². The molecule has 2 rings (SSSR count). The summed E-state index contributed by atoms with van der Waals surface area (Å²) in [5.74, 6) is 1.77. The molecule has 2 heterocycles. The highest BCUT2D eigenvalue weighted by Crippen LogP contribution is 2.27. The SMILES string of the molecule is NCc1nnc2n1C(Cl)CCC2. The van der Waals surface area contributed by atoms with Gasteiger partial charge in [0.15, 0.2) is 0 Å². The number of hydrogen-bond donors (Lipinski definition) is 1. The lowest BCUT2D eigenvalue weighted by Crippen LogP contribution is -2.17. The van der Waals surface area contributed by atoms with Crippen molar-refractivity contribution in [2.24, 2.45) is 5.73 Å². The highest BCUT2D eigenvalue weighted by Gasteiger charge is 2.21. The van der Waals surface area contributed by atoms with Crippen molar-refractivity contribution in [1.82, 2.24) is 14.8 Å². The van der Waals surface area contributed by atoms with Crippen LogP contribution in [0.15, 0.2) is 0 Å². The number of alkyl halides is 1. The second-order valence-electron chi connectivity index (χ2n) is 2.93. The third-order valence-electron chi connectivity index (χ3n) is 2.14. The number of nitrogens with zero attached hydrogens (tertiary/aromatic N) is 3. The molecule has 0 aliphatic carbocycles. The zero-order valence-electron chi connectivity index (χ0n) is 6.70. The van der Waals surface area contributed by atoms with E-state index in [9.17, 15) is 0 Å². The molecule has 1 aromatic heterocycles. The summed E-state index contributed by atoms with van der Waals surface area (Å²) < 4.78 is 1.95. The molecule has 2 N–H and O–H groups in total. The monoisotopic (exact) mass is 186 g/mol. The van der Waals surface area contributed by atoms with Crippen molar-refractivity contribution in [2.45, 2.75) is 31.3 Å². The van der Waals surface area contributed by atoms with Crippen molar-refractivity contribution >= 4 is 11.6 Å². The Hall–Kier alpha value is -0.610. The third kappa shape index (κ3) is 1.11. The quantitative estimate of drug-likeness (QED) is 0.661. The minimum Gasteiger partial charge on any atom is -0.324 e. The zero-order chi connectivity index (χ0) is 8.55. The van der Waals surface area contributed by atoms with Crippen molar-refractivity contribution in [3.63, 3.8) is 0 Å². The Morgan fingerprint density at radius 1 is 1.58 bits per heavy atom. The van der Waals surface area contributed by atoms with Crippen LogP contribution in [-0.4, -0.2) is 14.8 Å². The van der Waals surface area contributed by atoms with Crippen LogP contribution in [0.2, 0.25) is 0 Å². The van der Waals surface area contributed by atoms with Crippen LogP contribution in [0.4, 0.5) is 0 Å². The van der Waals surface area contributed by atoms with Crippen molar-refractivity contribution in [3.05, 3.63) is 11.6 Å². The molecule has 5 heteroatoms. The molecular formula is C7H11ClN4. The second kappa shape index (κ2) is 3.03. The predicted molar refractivity (Wildman–Crippen MR) is 45.7 cm³/mol. The lowest BCUT2D eigenvalue weighted by molar-refractivity contribution is 0.488. The Kier molecular flexibility index (Phi) is 2.02. The van der Waals surface area contributed by atoms with Crippen LogP contribution >= 0.6 is 11.6 Å². The first-order chi connectivity index (χ1) is 5.83. The first-order valence-corrected chi connectivity index (χ1v) is 4.53. The summed E-state index contributed by atoms with van der Waals surface area (Å²) >= 11 is 6.10. The average molecular weight is 187 g/mol. The number of aryl methyl sites for hydroxylation is 1. The van der Waals surface area contributed by atoms with Gasteiger partial charge in [-0.1, -0.05) is 11.6 Å². The van der Waals surface area contributed by atoms with Gasteiger partial charge in [0, 0.05) is 6.42 Å². The Bertz CT molecular complexity index is 269. The molecule has 1 aliphatic heterocycles. The lowest BCUT2D eigenvalue weighted by atomic mass is 10.1. The summed E-state index contributed by atoms with van der Waals surface area (Å²) in [6.45, 7) is 0.413. The van der Waals surface area contributed by atoms with Crippen LogP contribution in [0, 0.1) is 0 Å². The normalized spacial score (nSPS) is 22.3. The summed E-state index contributed by atoms with van der Waals surface area (Å²) in [4.78, 5) is 0. The van der Waals surface area contributed by atoms with Gasteiger partial charge in [0.05, 0.1) is 6.54 Å². The highest BCUT2D eigenvalue weighted by molar-refractivity contribution is 6.19. The van der Waals surface area contributed by atoms with E-state index in [-0.39, 0.29) is 5.50 Å².